The van der Waals surface area contributed by atoms with Gasteiger partial charge in [-0.2, -0.15) is 0 Å². The number of fused-ring (bicyclic) bond motifs is 1. The number of aromatic nitrogens is 3. The largest absolute Gasteiger partial charge is 0.354 e. The maximum atomic E-state index is 12.7. The Morgan fingerprint density at radius 3 is 2.40 bits per heavy atom. The summed E-state index contributed by atoms with van der Waals surface area (Å²) in [6.45, 7) is 5.68. The molecule has 2 aromatic heterocycles. The summed E-state index contributed by atoms with van der Waals surface area (Å²) in [7, 11) is 0. The molecule has 4 rings (SSSR count). The molecule has 1 fully saturated rings. The first-order valence-electron chi connectivity index (χ1n) is 8.39. The number of rotatable bonds is 3. The molecule has 1 aliphatic heterocycles. The van der Waals surface area contributed by atoms with Crippen LogP contribution < -0.4 is 10.2 Å². The number of anilines is 2. The van der Waals surface area contributed by atoms with Gasteiger partial charge in [-0.15, -0.1) is 11.3 Å². The molecule has 0 unspecified atom stereocenters. The van der Waals surface area contributed by atoms with Gasteiger partial charge in [0, 0.05) is 18.0 Å². The molecule has 128 valence electrons. The fourth-order valence-corrected chi connectivity index (χ4v) is 3.95. The summed E-state index contributed by atoms with van der Waals surface area (Å²) in [6.07, 6.45) is 2.26. The second-order valence-corrected chi connectivity index (χ2v) is 7.58. The van der Waals surface area contributed by atoms with E-state index in [1.165, 1.54) is 11.3 Å². The summed E-state index contributed by atoms with van der Waals surface area (Å²) in [5.74, 6) is 1.02. The van der Waals surface area contributed by atoms with Gasteiger partial charge in [0.1, 0.15) is 5.69 Å². The number of hydrogen-bond acceptors (Lipinski definition) is 6. The van der Waals surface area contributed by atoms with Crippen molar-refractivity contribution in [1.29, 1.82) is 0 Å². The number of para-hydroxylation sites is 2. The third-order valence-corrected chi connectivity index (χ3v) is 5.19. The van der Waals surface area contributed by atoms with Crippen LogP contribution >= 0.6 is 11.3 Å². The van der Waals surface area contributed by atoms with E-state index in [0.717, 1.165) is 52.7 Å². The van der Waals surface area contributed by atoms with Crippen LogP contribution in [0.15, 0.2) is 24.3 Å². The number of nitrogens with zero attached hydrogens (tertiary/aromatic N) is 4. The van der Waals surface area contributed by atoms with Crippen LogP contribution in [-0.4, -0.2) is 33.9 Å². The van der Waals surface area contributed by atoms with Crippen molar-refractivity contribution in [2.24, 2.45) is 0 Å². The highest BCUT2D eigenvalue weighted by Crippen LogP contribution is 2.28. The molecule has 25 heavy (non-hydrogen) atoms. The van der Waals surface area contributed by atoms with Gasteiger partial charge in [0.2, 0.25) is 0 Å². The Labute approximate surface area is 149 Å². The highest BCUT2D eigenvalue weighted by atomic mass is 32.1. The molecule has 0 bridgehead atoms. The number of thiazole rings is 1. The first-order valence-corrected chi connectivity index (χ1v) is 9.20. The van der Waals surface area contributed by atoms with Crippen LogP contribution in [0.5, 0.6) is 0 Å². The molecule has 1 N–H and O–H groups in total. The van der Waals surface area contributed by atoms with Gasteiger partial charge in [-0.1, -0.05) is 12.1 Å². The van der Waals surface area contributed by atoms with E-state index in [9.17, 15) is 4.79 Å². The second-order valence-electron chi connectivity index (χ2n) is 6.17. The molecular weight excluding hydrogens is 334 g/mol. The number of carbonyl (C=O) groups excluding carboxylic acids is 1. The molecule has 1 aliphatic rings. The van der Waals surface area contributed by atoms with Gasteiger partial charge in [-0.25, -0.2) is 15.0 Å². The van der Waals surface area contributed by atoms with E-state index in [0.29, 0.717) is 11.5 Å². The van der Waals surface area contributed by atoms with Crippen molar-refractivity contribution in [3.05, 3.63) is 39.8 Å². The summed E-state index contributed by atoms with van der Waals surface area (Å²) in [5, 5.41) is 3.82. The molecule has 3 heterocycles. The van der Waals surface area contributed by atoms with Crippen LogP contribution in [0.4, 0.5) is 11.6 Å². The number of amides is 1. The lowest BCUT2D eigenvalue weighted by atomic mass is 10.3. The van der Waals surface area contributed by atoms with E-state index in [2.05, 4.69) is 20.2 Å². The number of nitrogens with one attached hydrogen (secondary N) is 1. The normalized spacial score (nSPS) is 14.2. The third-order valence-electron chi connectivity index (χ3n) is 4.31. The predicted molar refractivity (Wildman–Crippen MR) is 101 cm³/mol. The van der Waals surface area contributed by atoms with Gasteiger partial charge in [0.25, 0.3) is 5.91 Å². The Morgan fingerprint density at radius 2 is 1.76 bits per heavy atom. The van der Waals surface area contributed by atoms with Crippen molar-refractivity contribution in [3.63, 3.8) is 0 Å². The molecular formula is C18H19N5OS. The molecule has 0 saturated carbocycles. The Hall–Kier alpha value is -2.54. The summed E-state index contributed by atoms with van der Waals surface area (Å²) in [6, 6.07) is 7.72. The molecule has 3 aromatic rings. The van der Waals surface area contributed by atoms with Crippen LogP contribution in [0.3, 0.4) is 0 Å². The molecule has 1 amide bonds. The predicted octanol–water partition coefficient (Wildman–Crippen LogP) is 3.56. The molecule has 0 spiro atoms. The van der Waals surface area contributed by atoms with Gasteiger partial charge in [-0.05, 0) is 38.8 Å². The molecule has 1 aromatic carbocycles. The monoisotopic (exact) mass is 353 g/mol. The standard InChI is InChI=1S/C18H19N5OS/c1-11-15(19-12(2)25-11)18(24)22-16-17(23-9-5-6-10-23)21-14-8-4-3-7-13(14)20-16/h3-4,7-8H,5-6,9-10H2,1-2H3,(H,20,22,24). The average Bonchev–Trinajstić information content (AvgIpc) is 3.23. The van der Waals surface area contributed by atoms with Crippen molar-refractivity contribution < 1.29 is 4.79 Å². The summed E-state index contributed by atoms with van der Waals surface area (Å²) in [5.41, 5.74) is 2.07. The smallest absolute Gasteiger partial charge is 0.276 e. The lowest BCUT2D eigenvalue weighted by Gasteiger charge is -2.20. The highest BCUT2D eigenvalue weighted by molar-refractivity contribution is 7.11. The van der Waals surface area contributed by atoms with Crippen LogP contribution in [0, 0.1) is 13.8 Å². The summed E-state index contributed by atoms with van der Waals surface area (Å²) >= 11 is 1.52. The first kappa shape index (κ1) is 16.0. The number of hydrogen-bond donors (Lipinski definition) is 1. The SMILES string of the molecule is Cc1nc(C(=O)Nc2nc3ccccc3nc2N2CCCC2)c(C)s1. The summed E-state index contributed by atoms with van der Waals surface area (Å²) in [4.78, 5) is 29.6. The van der Waals surface area contributed by atoms with E-state index in [1.807, 2.05) is 38.1 Å². The minimum absolute atomic E-state index is 0.230. The van der Waals surface area contributed by atoms with E-state index < -0.39 is 0 Å². The van der Waals surface area contributed by atoms with Gasteiger partial charge in [-0.3, -0.25) is 4.79 Å². The molecule has 0 aliphatic carbocycles. The van der Waals surface area contributed by atoms with E-state index in [-0.39, 0.29) is 5.91 Å². The zero-order valence-electron chi connectivity index (χ0n) is 14.2. The molecule has 0 atom stereocenters. The third kappa shape index (κ3) is 3.07. The minimum Gasteiger partial charge on any atom is -0.354 e. The Balaban J connectivity index is 1.75. The molecule has 0 radical (unpaired) electrons. The van der Waals surface area contributed by atoms with Crippen LogP contribution in [0.1, 0.15) is 33.2 Å². The first-order chi connectivity index (χ1) is 12.1. The van der Waals surface area contributed by atoms with Gasteiger partial charge in [0.05, 0.1) is 16.0 Å². The van der Waals surface area contributed by atoms with Crippen molar-refractivity contribution in [2.75, 3.05) is 23.3 Å². The van der Waals surface area contributed by atoms with E-state index >= 15 is 0 Å². The number of aryl methyl sites for hydroxylation is 2. The fourth-order valence-electron chi connectivity index (χ4n) is 3.13. The Morgan fingerprint density at radius 1 is 1.08 bits per heavy atom. The Kier molecular flexibility index (Phi) is 4.09. The van der Waals surface area contributed by atoms with Crippen LogP contribution in [-0.2, 0) is 0 Å². The number of carbonyl (C=O) groups is 1. The minimum atomic E-state index is -0.230. The van der Waals surface area contributed by atoms with Crippen LogP contribution in [0.25, 0.3) is 11.0 Å². The zero-order valence-corrected chi connectivity index (χ0v) is 15.1. The highest BCUT2D eigenvalue weighted by Gasteiger charge is 2.22. The lowest BCUT2D eigenvalue weighted by Crippen LogP contribution is -2.23. The second kappa shape index (κ2) is 6.40. The van der Waals surface area contributed by atoms with E-state index in [4.69, 9.17) is 4.98 Å². The Bertz CT molecular complexity index is 946. The molecule has 7 heteroatoms. The van der Waals surface area contributed by atoms with Crippen molar-refractivity contribution in [2.45, 2.75) is 26.7 Å². The fraction of sp³-hybridized carbons (Fsp3) is 0.333. The van der Waals surface area contributed by atoms with Crippen molar-refractivity contribution in [1.82, 2.24) is 15.0 Å². The zero-order chi connectivity index (χ0) is 17.4. The van der Waals surface area contributed by atoms with E-state index in [1.54, 1.807) is 0 Å². The van der Waals surface area contributed by atoms with Crippen LogP contribution in [0.2, 0.25) is 0 Å². The number of benzene rings is 1. The molecule has 6 nitrogen and oxygen atoms in total. The maximum Gasteiger partial charge on any atom is 0.276 e. The van der Waals surface area contributed by atoms with Gasteiger partial charge >= 0.3 is 0 Å². The van der Waals surface area contributed by atoms with Gasteiger partial charge in [0.15, 0.2) is 11.6 Å². The lowest BCUT2D eigenvalue weighted by molar-refractivity contribution is 0.102. The molecule has 1 saturated heterocycles. The quantitative estimate of drug-likeness (QED) is 0.779. The maximum absolute atomic E-state index is 12.7. The van der Waals surface area contributed by atoms with Gasteiger partial charge < -0.3 is 10.2 Å². The van der Waals surface area contributed by atoms with Crippen molar-refractivity contribution in [3.8, 4) is 0 Å². The topological polar surface area (TPSA) is 71.0 Å². The average molecular weight is 353 g/mol. The summed E-state index contributed by atoms with van der Waals surface area (Å²) < 4.78 is 0. The van der Waals surface area contributed by atoms with Crippen molar-refractivity contribution >= 4 is 39.9 Å².